The Morgan fingerprint density at radius 3 is 3.29 bits per heavy atom. The number of carbonyl (C=O) groups excluding carboxylic acids is 1. The predicted octanol–water partition coefficient (Wildman–Crippen LogP) is 1.63. The highest BCUT2D eigenvalue weighted by molar-refractivity contribution is 7.99. The molecule has 4 nitrogen and oxygen atoms in total. The van der Waals surface area contributed by atoms with E-state index in [-0.39, 0.29) is 12.4 Å². The summed E-state index contributed by atoms with van der Waals surface area (Å²) in [6.45, 7) is 3.27. The van der Waals surface area contributed by atoms with Crippen LogP contribution in [-0.4, -0.2) is 35.6 Å². The number of nitrogens with zero attached hydrogens (tertiary/aromatic N) is 1. The van der Waals surface area contributed by atoms with E-state index in [1.165, 1.54) is 0 Å². The van der Waals surface area contributed by atoms with E-state index in [9.17, 15) is 4.79 Å². The Labute approximate surface area is 109 Å². The maximum Gasteiger partial charge on any atom is 0.311 e. The Balaban J connectivity index is 1.93. The van der Waals surface area contributed by atoms with Crippen molar-refractivity contribution in [2.75, 3.05) is 24.7 Å². The molecule has 1 fully saturated rings. The molecule has 0 bridgehead atoms. The van der Waals surface area contributed by atoms with E-state index < -0.39 is 0 Å². The molecule has 0 saturated carbocycles. The van der Waals surface area contributed by atoms with Crippen LogP contribution in [0, 0.1) is 0 Å². The number of carbonyl (C=O) groups is 1. The fourth-order valence-corrected chi connectivity index (χ4v) is 3.59. The molecule has 6 heteroatoms. The lowest BCUT2D eigenvalue weighted by molar-refractivity contribution is -0.142. The van der Waals surface area contributed by atoms with Crippen LogP contribution >= 0.6 is 23.1 Å². The minimum absolute atomic E-state index is 0.199. The van der Waals surface area contributed by atoms with Gasteiger partial charge in [-0.25, -0.2) is 4.98 Å². The van der Waals surface area contributed by atoms with Crippen molar-refractivity contribution in [2.45, 2.75) is 19.4 Å². The molecular formula is C11H16N2O2S2. The molecule has 0 spiro atoms. The summed E-state index contributed by atoms with van der Waals surface area (Å²) >= 11 is 3.56. The Bertz CT molecular complexity index is 375. The quantitative estimate of drug-likeness (QED) is 0.844. The van der Waals surface area contributed by atoms with E-state index in [1.807, 2.05) is 24.1 Å². The minimum atomic E-state index is -0.199. The maximum absolute atomic E-state index is 11.3. The molecule has 2 heterocycles. The molecule has 1 aliphatic rings. The summed E-state index contributed by atoms with van der Waals surface area (Å²) in [5.74, 6) is 2.03. The van der Waals surface area contributed by atoms with Crippen LogP contribution in [0.25, 0.3) is 0 Å². The number of hydrogen-bond acceptors (Lipinski definition) is 6. The monoisotopic (exact) mass is 272 g/mol. The molecule has 1 unspecified atom stereocenters. The van der Waals surface area contributed by atoms with Gasteiger partial charge >= 0.3 is 5.97 Å². The van der Waals surface area contributed by atoms with Crippen LogP contribution in [0.4, 0.5) is 0 Å². The van der Waals surface area contributed by atoms with E-state index in [2.05, 4.69) is 10.3 Å². The maximum atomic E-state index is 11.3. The molecule has 2 rings (SSSR count). The van der Waals surface area contributed by atoms with Gasteiger partial charge in [-0.15, -0.1) is 11.3 Å². The van der Waals surface area contributed by atoms with Gasteiger partial charge in [0.1, 0.15) is 5.01 Å². The zero-order valence-corrected chi connectivity index (χ0v) is 11.4. The number of rotatable bonds is 4. The molecule has 1 aromatic heterocycles. The van der Waals surface area contributed by atoms with Crippen LogP contribution in [0.2, 0.25) is 0 Å². The first-order chi connectivity index (χ1) is 8.29. The molecule has 0 amide bonds. The second kappa shape index (κ2) is 6.37. The first kappa shape index (κ1) is 12.9. The number of esters is 1. The third-order valence-corrected chi connectivity index (χ3v) is 4.49. The highest BCUT2D eigenvalue weighted by Crippen LogP contribution is 2.24. The number of aromatic nitrogens is 1. The Morgan fingerprint density at radius 1 is 1.71 bits per heavy atom. The van der Waals surface area contributed by atoms with Gasteiger partial charge in [-0.2, -0.15) is 11.8 Å². The summed E-state index contributed by atoms with van der Waals surface area (Å²) in [5, 5.41) is 6.47. The molecule has 1 aliphatic heterocycles. The summed E-state index contributed by atoms with van der Waals surface area (Å²) in [4.78, 5) is 15.8. The number of hydrogen-bond donors (Lipinski definition) is 1. The zero-order valence-electron chi connectivity index (χ0n) is 9.77. The normalized spacial score (nSPS) is 20.2. The van der Waals surface area contributed by atoms with E-state index >= 15 is 0 Å². The minimum Gasteiger partial charge on any atom is -0.466 e. The number of thiazole rings is 1. The molecule has 0 aliphatic carbocycles. The standard InChI is InChI=1S/C11H16N2O2S2/c1-2-15-10(14)5-8-6-17-11(13-8)9-7-16-4-3-12-9/h6,9,12H,2-5,7H2,1H3. The Kier molecular flexibility index (Phi) is 4.82. The number of ether oxygens (including phenoxy) is 1. The van der Waals surface area contributed by atoms with Crippen molar-refractivity contribution < 1.29 is 9.53 Å². The van der Waals surface area contributed by atoms with Gasteiger partial charge in [0.15, 0.2) is 0 Å². The van der Waals surface area contributed by atoms with Gasteiger partial charge in [0.25, 0.3) is 0 Å². The van der Waals surface area contributed by atoms with Gasteiger partial charge in [0, 0.05) is 23.4 Å². The first-order valence-electron chi connectivity index (χ1n) is 5.70. The van der Waals surface area contributed by atoms with E-state index in [4.69, 9.17) is 4.74 Å². The highest BCUT2D eigenvalue weighted by atomic mass is 32.2. The first-order valence-corrected chi connectivity index (χ1v) is 7.74. The SMILES string of the molecule is CCOC(=O)Cc1csc(C2CSCCN2)n1. The van der Waals surface area contributed by atoms with Gasteiger partial charge < -0.3 is 10.1 Å². The van der Waals surface area contributed by atoms with Crippen LogP contribution < -0.4 is 5.32 Å². The van der Waals surface area contributed by atoms with Gasteiger partial charge in [-0.05, 0) is 6.92 Å². The van der Waals surface area contributed by atoms with Crippen molar-refractivity contribution in [3.8, 4) is 0 Å². The van der Waals surface area contributed by atoms with E-state index in [0.29, 0.717) is 12.6 Å². The summed E-state index contributed by atoms with van der Waals surface area (Å²) in [7, 11) is 0. The van der Waals surface area contributed by atoms with Crippen LogP contribution in [0.5, 0.6) is 0 Å². The third-order valence-electron chi connectivity index (χ3n) is 2.42. The van der Waals surface area contributed by atoms with Crippen LogP contribution in [0.1, 0.15) is 23.7 Å². The second-order valence-corrected chi connectivity index (χ2v) is 5.78. The summed E-state index contributed by atoms with van der Waals surface area (Å²) in [5.41, 5.74) is 0.820. The topological polar surface area (TPSA) is 51.2 Å². The van der Waals surface area contributed by atoms with Crippen molar-refractivity contribution in [3.05, 3.63) is 16.1 Å². The van der Waals surface area contributed by atoms with E-state index in [1.54, 1.807) is 11.3 Å². The zero-order chi connectivity index (χ0) is 12.1. The largest absolute Gasteiger partial charge is 0.466 e. The highest BCUT2D eigenvalue weighted by Gasteiger charge is 2.19. The Hall–Kier alpha value is -0.590. The van der Waals surface area contributed by atoms with Gasteiger partial charge in [-0.3, -0.25) is 4.79 Å². The molecule has 1 N–H and O–H groups in total. The molecule has 0 radical (unpaired) electrons. The third kappa shape index (κ3) is 3.69. The van der Waals surface area contributed by atoms with Crippen molar-refractivity contribution in [2.24, 2.45) is 0 Å². The van der Waals surface area contributed by atoms with Crippen LogP contribution in [0.3, 0.4) is 0 Å². The van der Waals surface area contributed by atoms with Crippen LogP contribution in [0.15, 0.2) is 5.38 Å². The molecule has 1 atom stereocenters. The molecule has 0 aromatic carbocycles. The number of thioether (sulfide) groups is 1. The lowest BCUT2D eigenvalue weighted by Gasteiger charge is -2.20. The van der Waals surface area contributed by atoms with Gasteiger partial charge in [0.05, 0.1) is 24.8 Å². The van der Waals surface area contributed by atoms with Crippen molar-refractivity contribution in [3.63, 3.8) is 0 Å². The molecular weight excluding hydrogens is 256 g/mol. The van der Waals surface area contributed by atoms with E-state index in [0.717, 1.165) is 28.8 Å². The fraction of sp³-hybridized carbons (Fsp3) is 0.636. The lowest BCUT2D eigenvalue weighted by atomic mass is 10.3. The second-order valence-electron chi connectivity index (χ2n) is 3.74. The average Bonchev–Trinajstić information content (AvgIpc) is 2.79. The average molecular weight is 272 g/mol. The predicted molar refractivity (Wildman–Crippen MR) is 70.5 cm³/mol. The van der Waals surface area contributed by atoms with Crippen molar-refractivity contribution >= 4 is 29.1 Å². The fourth-order valence-electron chi connectivity index (χ4n) is 1.65. The molecule has 1 saturated heterocycles. The smallest absolute Gasteiger partial charge is 0.311 e. The van der Waals surface area contributed by atoms with Crippen molar-refractivity contribution in [1.82, 2.24) is 10.3 Å². The Morgan fingerprint density at radius 2 is 2.59 bits per heavy atom. The molecule has 17 heavy (non-hydrogen) atoms. The van der Waals surface area contributed by atoms with Crippen LogP contribution in [-0.2, 0) is 16.0 Å². The molecule has 94 valence electrons. The molecule has 1 aromatic rings. The van der Waals surface area contributed by atoms with Crippen molar-refractivity contribution in [1.29, 1.82) is 0 Å². The summed E-state index contributed by atoms with van der Waals surface area (Å²) in [6, 6.07) is 0.342. The summed E-state index contributed by atoms with van der Waals surface area (Å²) in [6.07, 6.45) is 0.282. The van der Waals surface area contributed by atoms with Gasteiger partial charge in [0.2, 0.25) is 0 Å². The number of nitrogens with one attached hydrogen (secondary N) is 1. The lowest BCUT2D eigenvalue weighted by Crippen LogP contribution is -2.30. The van der Waals surface area contributed by atoms with Gasteiger partial charge in [-0.1, -0.05) is 0 Å². The summed E-state index contributed by atoms with van der Waals surface area (Å²) < 4.78 is 4.91.